The lowest BCUT2D eigenvalue weighted by molar-refractivity contribution is 0.447. The fourth-order valence-corrected chi connectivity index (χ4v) is 2.48. The van der Waals surface area contributed by atoms with E-state index in [1.165, 1.54) is 5.56 Å². The maximum absolute atomic E-state index is 9.65. The number of phenols is 1. The molecule has 1 aliphatic carbocycles. The number of rotatable bonds is 0. The van der Waals surface area contributed by atoms with E-state index in [2.05, 4.69) is 15.9 Å². The molecule has 0 amide bonds. The lowest BCUT2D eigenvalue weighted by Gasteiger charge is -2.24. The summed E-state index contributed by atoms with van der Waals surface area (Å²) in [6.07, 6.45) is 3.09. The molecule has 3 N–H and O–H groups in total. The van der Waals surface area contributed by atoms with E-state index in [1.54, 1.807) is 6.07 Å². The van der Waals surface area contributed by atoms with E-state index in [0.717, 1.165) is 29.3 Å². The molecule has 0 aromatic heterocycles. The summed E-state index contributed by atoms with van der Waals surface area (Å²) in [5.74, 6) is 0.338. The molecule has 3 heteroatoms. The van der Waals surface area contributed by atoms with Crippen molar-refractivity contribution in [3.05, 3.63) is 27.7 Å². The Morgan fingerprint density at radius 3 is 2.92 bits per heavy atom. The fraction of sp³-hybridized carbons (Fsp3) is 0.400. The van der Waals surface area contributed by atoms with Gasteiger partial charge in [0.25, 0.3) is 0 Å². The SMILES string of the molecule is N[C@@H]1CCCc2c(Br)ccc(O)c21. The van der Waals surface area contributed by atoms with Crippen LogP contribution in [-0.2, 0) is 6.42 Å². The molecule has 1 aliphatic rings. The highest BCUT2D eigenvalue weighted by Gasteiger charge is 2.21. The minimum atomic E-state index is 0.00116. The first-order chi connectivity index (χ1) is 6.20. The minimum absolute atomic E-state index is 0.00116. The van der Waals surface area contributed by atoms with E-state index in [-0.39, 0.29) is 6.04 Å². The van der Waals surface area contributed by atoms with E-state index in [4.69, 9.17) is 5.73 Å². The summed E-state index contributed by atoms with van der Waals surface area (Å²) in [4.78, 5) is 0. The molecule has 0 saturated carbocycles. The van der Waals surface area contributed by atoms with E-state index in [1.807, 2.05) is 6.07 Å². The lowest BCUT2D eigenvalue weighted by atomic mass is 9.87. The molecule has 0 aliphatic heterocycles. The summed E-state index contributed by atoms with van der Waals surface area (Å²) < 4.78 is 1.07. The number of nitrogens with two attached hydrogens (primary N) is 1. The number of hydrogen-bond donors (Lipinski definition) is 2. The second kappa shape index (κ2) is 3.31. The molecular weight excluding hydrogens is 230 g/mol. The van der Waals surface area contributed by atoms with Gasteiger partial charge in [0, 0.05) is 16.1 Å². The summed E-state index contributed by atoms with van der Waals surface area (Å²) in [7, 11) is 0. The van der Waals surface area contributed by atoms with Gasteiger partial charge in [-0.2, -0.15) is 0 Å². The van der Waals surface area contributed by atoms with E-state index >= 15 is 0 Å². The Labute approximate surface area is 85.9 Å². The quantitative estimate of drug-likeness (QED) is 0.734. The topological polar surface area (TPSA) is 46.2 Å². The van der Waals surface area contributed by atoms with Gasteiger partial charge in [-0.05, 0) is 37.0 Å². The Morgan fingerprint density at radius 1 is 1.46 bits per heavy atom. The second-order valence-electron chi connectivity index (χ2n) is 3.46. The molecule has 1 aromatic rings. The van der Waals surface area contributed by atoms with Crippen LogP contribution in [0.3, 0.4) is 0 Å². The van der Waals surface area contributed by atoms with Gasteiger partial charge in [0.05, 0.1) is 0 Å². The molecule has 0 unspecified atom stereocenters. The number of benzene rings is 1. The molecule has 2 rings (SSSR count). The smallest absolute Gasteiger partial charge is 0.120 e. The zero-order chi connectivity index (χ0) is 9.42. The normalized spacial score (nSPS) is 21.2. The van der Waals surface area contributed by atoms with Gasteiger partial charge in [-0.15, -0.1) is 0 Å². The van der Waals surface area contributed by atoms with Crippen molar-refractivity contribution >= 4 is 15.9 Å². The van der Waals surface area contributed by atoms with Crippen LogP contribution in [-0.4, -0.2) is 5.11 Å². The van der Waals surface area contributed by atoms with Gasteiger partial charge < -0.3 is 10.8 Å². The molecular formula is C10H12BrNO. The standard InChI is InChI=1S/C10H12BrNO/c11-7-4-5-9(13)10-6(7)2-1-3-8(10)12/h4-5,8,13H,1-3,12H2/t8-/m1/s1. The average molecular weight is 242 g/mol. The van der Waals surface area contributed by atoms with E-state index in [0.29, 0.717) is 5.75 Å². The van der Waals surface area contributed by atoms with Crippen molar-refractivity contribution < 1.29 is 5.11 Å². The third-order valence-electron chi connectivity index (χ3n) is 2.59. The van der Waals surface area contributed by atoms with Crippen molar-refractivity contribution in [1.29, 1.82) is 0 Å². The predicted octanol–water partition coefficient (Wildman–Crippen LogP) is 2.49. The van der Waals surface area contributed by atoms with Crippen LogP contribution in [0, 0.1) is 0 Å². The van der Waals surface area contributed by atoms with Crippen molar-refractivity contribution in [2.45, 2.75) is 25.3 Å². The largest absolute Gasteiger partial charge is 0.508 e. The number of phenolic OH excluding ortho intramolecular Hbond substituents is 1. The molecule has 0 saturated heterocycles. The Kier molecular flexibility index (Phi) is 2.30. The first-order valence-electron chi connectivity index (χ1n) is 4.46. The number of halogens is 1. The van der Waals surface area contributed by atoms with Crippen LogP contribution < -0.4 is 5.73 Å². The van der Waals surface area contributed by atoms with E-state index in [9.17, 15) is 5.11 Å². The third kappa shape index (κ3) is 1.46. The summed E-state index contributed by atoms with van der Waals surface area (Å²) >= 11 is 3.48. The van der Waals surface area contributed by atoms with Gasteiger partial charge in [0.15, 0.2) is 0 Å². The Hall–Kier alpha value is -0.540. The van der Waals surface area contributed by atoms with Gasteiger partial charge >= 0.3 is 0 Å². The summed E-state index contributed by atoms with van der Waals surface area (Å²) in [5.41, 5.74) is 8.05. The van der Waals surface area contributed by atoms with Crippen molar-refractivity contribution in [3.8, 4) is 5.75 Å². The van der Waals surface area contributed by atoms with Crippen LogP contribution >= 0.6 is 15.9 Å². The predicted molar refractivity (Wildman–Crippen MR) is 55.7 cm³/mol. The van der Waals surface area contributed by atoms with Gasteiger partial charge in [0.1, 0.15) is 5.75 Å². The maximum atomic E-state index is 9.65. The number of fused-ring (bicyclic) bond motifs is 1. The van der Waals surface area contributed by atoms with Crippen molar-refractivity contribution in [1.82, 2.24) is 0 Å². The van der Waals surface area contributed by atoms with Crippen LogP contribution in [0.4, 0.5) is 0 Å². The van der Waals surface area contributed by atoms with Crippen LogP contribution in [0.15, 0.2) is 16.6 Å². The monoisotopic (exact) mass is 241 g/mol. The third-order valence-corrected chi connectivity index (χ3v) is 3.33. The zero-order valence-electron chi connectivity index (χ0n) is 7.26. The molecule has 13 heavy (non-hydrogen) atoms. The highest BCUT2D eigenvalue weighted by Crippen LogP contribution is 2.38. The molecule has 0 heterocycles. The highest BCUT2D eigenvalue weighted by molar-refractivity contribution is 9.10. The molecule has 0 bridgehead atoms. The zero-order valence-corrected chi connectivity index (χ0v) is 8.84. The van der Waals surface area contributed by atoms with Gasteiger partial charge in [-0.3, -0.25) is 0 Å². The van der Waals surface area contributed by atoms with E-state index < -0.39 is 0 Å². The Bertz CT molecular complexity index is 338. The van der Waals surface area contributed by atoms with Crippen LogP contribution in [0.2, 0.25) is 0 Å². The first-order valence-corrected chi connectivity index (χ1v) is 5.25. The Morgan fingerprint density at radius 2 is 2.23 bits per heavy atom. The number of aromatic hydroxyl groups is 1. The molecule has 2 nitrogen and oxygen atoms in total. The summed E-state index contributed by atoms with van der Waals surface area (Å²) in [6, 6.07) is 3.58. The molecule has 0 radical (unpaired) electrons. The number of hydrogen-bond acceptors (Lipinski definition) is 2. The van der Waals surface area contributed by atoms with Crippen LogP contribution in [0.25, 0.3) is 0 Å². The van der Waals surface area contributed by atoms with Crippen molar-refractivity contribution in [2.24, 2.45) is 5.73 Å². The van der Waals surface area contributed by atoms with Crippen LogP contribution in [0.5, 0.6) is 5.75 Å². The molecule has 1 atom stereocenters. The van der Waals surface area contributed by atoms with Crippen LogP contribution in [0.1, 0.15) is 30.0 Å². The molecule has 0 spiro atoms. The minimum Gasteiger partial charge on any atom is -0.508 e. The van der Waals surface area contributed by atoms with Gasteiger partial charge in [-0.25, -0.2) is 0 Å². The maximum Gasteiger partial charge on any atom is 0.120 e. The first kappa shape index (κ1) is 9.03. The second-order valence-corrected chi connectivity index (χ2v) is 4.31. The van der Waals surface area contributed by atoms with Gasteiger partial charge in [-0.1, -0.05) is 15.9 Å². The van der Waals surface area contributed by atoms with Crippen molar-refractivity contribution in [3.63, 3.8) is 0 Å². The fourth-order valence-electron chi connectivity index (χ4n) is 1.94. The molecule has 70 valence electrons. The van der Waals surface area contributed by atoms with Gasteiger partial charge in [0.2, 0.25) is 0 Å². The summed E-state index contributed by atoms with van der Waals surface area (Å²) in [5, 5.41) is 9.65. The highest BCUT2D eigenvalue weighted by atomic mass is 79.9. The molecule has 0 fully saturated rings. The molecule has 1 aromatic carbocycles. The summed E-state index contributed by atoms with van der Waals surface area (Å²) in [6.45, 7) is 0. The lowest BCUT2D eigenvalue weighted by Crippen LogP contribution is -2.17. The average Bonchev–Trinajstić information content (AvgIpc) is 2.12. The van der Waals surface area contributed by atoms with Crippen molar-refractivity contribution in [2.75, 3.05) is 0 Å². The Balaban J connectivity index is 2.60.